The van der Waals surface area contributed by atoms with Crippen molar-refractivity contribution in [3.63, 3.8) is 0 Å². The molecule has 0 unspecified atom stereocenters. The summed E-state index contributed by atoms with van der Waals surface area (Å²) in [5.41, 5.74) is 1.94. The molecule has 0 aliphatic carbocycles. The first-order valence-corrected chi connectivity index (χ1v) is 5.96. The van der Waals surface area contributed by atoms with Crippen molar-refractivity contribution in [2.24, 2.45) is 0 Å². The van der Waals surface area contributed by atoms with Crippen molar-refractivity contribution >= 4 is 11.6 Å². The third-order valence-electron chi connectivity index (χ3n) is 3.10. The Morgan fingerprint density at radius 3 is 2.75 bits per heavy atom. The number of phenolic OH excluding ortho intramolecular Hbond substituents is 1. The van der Waals surface area contributed by atoms with Gasteiger partial charge >= 0.3 is 0 Å². The monoisotopic (exact) mass is 240 g/mol. The lowest BCUT2D eigenvalue weighted by Crippen LogP contribution is -2.43. The number of hydrogen-bond acceptors (Lipinski definition) is 3. The first kappa shape index (κ1) is 11.7. The summed E-state index contributed by atoms with van der Waals surface area (Å²) >= 11 is 6.06. The molecule has 2 rings (SSSR count). The van der Waals surface area contributed by atoms with Crippen LogP contribution in [0.25, 0.3) is 0 Å². The number of hydrogen-bond donors (Lipinski definition) is 2. The minimum Gasteiger partial charge on any atom is -0.508 e. The summed E-state index contributed by atoms with van der Waals surface area (Å²) in [5, 5.41) is 13.9. The topological polar surface area (TPSA) is 35.5 Å². The van der Waals surface area contributed by atoms with Crippen LogP contribution in [-0.2, 0) is 6.54 Å². The number of piperazine rings is 1. The van der Waals surface area contributed by atoms with E-state index in [2.05, 4.69) is 10.2 Å². The number of aromatic hydroxyl groups is 1. The second kappa shape index (κ2) is 5.04. The molecule has 1 aliphatic heterocycles. The number of nitrogens with one attached hydrogen (secondary N) is 1. The van der Waals surface area contributed by atoms with E-state index >= 15 is 0 Å². The molecule has 1 aliphatic rings. The van der Waals surface area contributed by atoms with Crippen LogP contribution in [0.5, 0.6) is 5.75 Å². The Kier molecular flexibility index (Phi) is 3.69. The van der Waals surface area contributed by atoms with Gasteiger partial charge in [-0.2, -0.15) is 0 Å². The Hall–Kier alpha value is -0.770. The van der Waals surface area contributed by atoms with Gasteiger partial charge in [-0.15, -0.1) is 0 Å². The SMILES string of the molecule is Cc1c(Cl)ccc(O)c1CN1CCNCC1. The summed E-state index contributed by atoms with van der Waals surface area (Å²) in [6.07, 6.45) is 0. The maximum absolute atomic E-state index is 9.85. The number of halogens is 1. The van der Waals surface area contributed by atoms with E-state index in [1.807, 2.05) is 6.92 Å². The fraction of sp³-hybridized carbons (Fsp3) is 0.500. The molecule has 1 aromatic rings. The van der Waals surface area contributed by atoms with Crippen LogP contribution >= 0.6 is 11.6 Å². The molecule has 1 saturated heterocycles. The summed E-state index contributed by atoms with van der Waals surface area (Å²) in [7, 11) is 0. The summed E-state index contributed by atoms with van der Waals surface area (Å²) in [6, 6.07) is 3.42. The molecule has 0 atom stereocenters. The predicted octanol–water partition coefficient (Wildman–Crippen LogP) is 1.76. The average molecular weight is 241 g/mol. The molecule has 0 radical (unpaired) electrons. The predicted molar refractivity (Wildman–Crippen MR) is 66.0 cm³/mol. The molecule has 0 aromatic heterocycles. The molecular formula is C12H17ClN2O. The highest BCUT2D eigenvalue weighted by Gasteiger charge is 2.14. The molecule has 2 N–H and O–H groups in total. The zero-order valence-corrected chi connectivity index (χ0v) is 10.2. The molecule has 1 aromatic carbocycles. The molecule has 88 valence electrons. The van der Waals surface area contributed by atoms with Crippen LogP contribution in [0.2, 0.25) is 5.02 Å². The Labute approximate surface area is 101 Å². The zero-order chi connectivity index (χ0) is 11.5. The molecule has 4 heteroatoms. The molecule has 0 bridgehead atoms. The minimum atomic E-state index is 0.348. The lowest BCUT2D eigenvalue weighted by Gasteiger charge is -2.28. The van der Waals surface area contributed by atoms with Gasteiger partial charge in [0, 0.05) is 43.3 Å². The maximum Gasteiger partial charge on any atom is 0.120 e. The zero-order valence-electron chi connectivity index (χ0n) is 9.46. The van der Waals surface area contributed by atoms with Crippen LogP contribution in [0.1, 0.15) is 11.1 Å². The molecule has 1 fully saturated rings. The van der Waals surface area contributed by atoms with Crippen LogP contribution < -0.4 is 5.32 Å². The van der Waals surface area contributed by atoms with E-state index in [1.165, 1.54) is 0 Å². The van der Waals surface area contributed by atoms with Crippen LogP contribution in [0.15, 0.2) is 12.1 Å². The van der Waals surface area contributed by atoms with Crippen LogP contribution in [0.3, 0.4) is 0 Å². The Balaban J connectivity index is 2.16. The van der Waals surface area contributed by atoms with Crippen molar-refractivity contribution in [3.8, 4) is 5.75 Å². The van der Waals surface area contributed by atoms with Gasteiger partial charge in [-0.05, 0) is 24.6 Å². The standard InChI is InChI=1S/C12H17ClN2O/c1-9-10(12(16)3-2-11(9)13)8-15-6-4-14-5-7-15/h2-3,14,16H,4-8H2,1H3. The smallest absolute Gasteiger partial charge is 0.120 e. The summed E-state index contributed by atoms with van der Waals surface area (Å²) in [4.78, 5) is 2.33. The molecular weight excluding hydrogens is 224 g/mol. The van der Waals surface area contributed by atoms with E-state index < -0.39 is 0 Å². The van der Waals surface area contributed by atoms with E-state index in [-0.39, 0.29) is 0 Å². The van der Waals surface area contributed by atoms with Gasteiger partial charge in [-0.25, -0.2) is 0 Å². The van der Waals surface area contributed by atoms with Gasteiger partial charge in [0.25, 0.3) is 0 Å². The summed E-state index contributed by atoms with van der Waals surface area (Å²) in [6.45, 7) is 6.80. The van der Waals surface area contributed by atoms with Crippen LogP contribution in [-0.4, -0.2) is 36.2 Å². The quantitative estimate of drug-likeness (QED) is 0.827. The highest BCUT2D eigenvalue weighted by molar-refractivity contribution is 6.31. The number of phenols is 1. The van der Waals surface area contributed by atoms with E-state index in [0.29, 0.717) is 5.75 Å². The molecule has 16 heavy (non-hydrogen) atoms. The van der Waals surface area contributed by atoms with Gasteiger partial charge in [-0.1, -0.05) is 11.6 Å². The Morgan fingerprint density at radius 2 is 2.06 bits per heavy atom. The van der Waals surface area contributed by atoms with E-state index in [1.54, 1.807) is 12.1 Å². The number of benzene rings is 1. The number of nitrogens with zero attached hydrogens (tertiary/aromatic N) is 1. The lowest BCUT2D eigenvalue weighted by molar-refractivity contribution is 0.230. The number of rotatable bonds is 2. The van der Waals surface area contributed by atoms with E-state index in [9.17, 15) is 5.11 Å². The first-order valence-electron chi connectivity index (χ1n) is 5.58. The van der Waals surface area contributed by atoms with Crippen LogP contribution in [0.4, 0.5) is 0 Å². The second-order valence-electron chi connectivity index (χ2n) is 4.20. The fourth-order valence-electron chi connectivity index (χ4n) is 2.01. The largest absolute Gasteiger partial charge is 0.508 e. The van der Waals surface area contributed by atoms with Crippen molar-refractivity contribution in [2.75, 3.05) is 26.2 Å². The van der Waals surface area contributed by atoms with Gasteiger partial charge in [0.15, 0.2) is 0 Å². The second-order valence-corrected chi connectivity index (χ2v) is 4.60. The highest BCUT2D eigenvalue weighted by Crippen LogP contribution is 2.28. The molecule has 0 saturated carbocycles. The van der Waals surface area contributed by atoms with Gasteiger partial charge in [0.05, 0.1) is 0 Å². The normalized spacial score (nSPS) is 17.6. The van der Waals surface area contributed by atoms with E-state index in [4.69, 9.17) is 11.6 Å². The van der Waals surface area contributed by atoms with Crippen LogP contribution in [0, 0.1) is 6.92 Å². The minimum absolute atomic E-state index is 0.348. The van der Waals surface area contributed by atoms with Gasteiger partial charge in [-0.3, -0.25) is 4.90 Å². The van der Waals surface area contributed by atoms with Crippen molar-refractivity contribution in [1.29, 1.82) is 0 Å². The Bertz CT molecular complexity index is 376. The Morgan fingerprint density at radius 1 is 1.38 bits per heavy atom. The highest BCUT2D eigenvalue weighted by atomic mass is 35.5. The van der Waals surface area contributed by atoms with Gasteiger partial charge in [0.1, 0.15) is 5.75 Å². The summed E-state index contributed by atoms with van der Waals surface area (Å²) in [5.74, 6) is 0.348. The van der Waals surface area contributed by atoms with E-state index in [0.717, 1.165) is 48.9 Å². The van der Waals surface area contributed by atoms with Gasteiger partial charge < -0.3 is 10.4 Å². The van der Waals surface area contributed by atoms with Crippen molar-refractivity contribution in [3.05, 3.63) is 28.3 Å². The molecule has 1 heterocycles. The molecule has 0 spiro atoms. The third-order valence-corrected chi connectivity index (χ3v) is 3.51. The van der Waals surface area contributed by atoms with Gasteiger partial charge in [0.2, 0.25) is 0 Å². The third kappa shape index (κ3) is 2.48. The van der Waals surface area contributed by atoms with Crippen molar-refractivity contribution < 1.29 is 5.11 Å². The van der Waals surface area contributed by atoms with Crippen molar-refractivity contribution in [1.82, 2.24) is 10.2 Å². The first-order chi connectivity index (χ1) is 7.68. The summed E-state index contributed by atoms with van der Waals surface area (Å²) < 4.78 is 0. The maximum atomic E-state index is 9.85. The molecule has 0 amide bonds. The average Bonchev–Trinajstić information content (AvgIpc) is 2.31. The molecule has 3 nitrogen and oxygen atoms in total. The van der Waals surface area contributed by atoms with Crippen molar-refractivity contribution in [2.45, 2.75) is 13.5 Å². The fourth-order valence-corrected chi connectivity index (χ4v) is 2.18. The lowest BCUT2D eigenvalue weighted by atomic mass is 10.1.